The van der Waals surface area contributed by atoms with Crippen molar-refractivity contribution >= 4 is 0 Å². The molecule has 31 heavy (non-hydrogen) atoms. The van der Waals surface area contributed by atoms with Gasteiger partial charge in [0.25, 0.3) is 0 Å². The lowest BCUT2D eigenvalue weighted by Gasteiger charge is -2.35. The van der Waals surface area contributed by atoms with Crippen molar-refractivity contribution in [1.82, 2.24) is 4.90 Å². The summed E-state index contributed by atoms with van der Waals surface area (Å²) in [6.45, 7) is 2.19. The van der Waals surface area contributed by atoms with Crippen LogP contribution in [0.1, 0.15) is 47.4 Å². The van der Waals surface area contributed by atoms with Crippen LogP contribution in [-0.4, -0.2) is 54.6 Å². The summed E-state index contributed by atoms with van der Waals surface area (Å²) in [4.78, 5) is 2.23. The molecule has 3 aliphatic rings. The van der Waals surface area contributed by atoms with E-state index in [1.807, 2.05) is 18.2 Å². The molecule has 0 bridgehead atoms. The maximum absolute atomic E-state index is 15.4. The van der Waals surface area contributed by atoms with Crippen LogP contribution in [0, 0.1) is 11.7 Å². The lowest BCUT2D eigenvalue weighted by atomic mass is 9.86. The predicted octanol–water partition coefficient (Wildman–Crippen LogP) is 4.26. The van der Waals surface area contributed by atoms with E-state index in [0.717, 1.165) is 43.5 Å². The minimum absolute atomic E-state index is 0.0559. The maximum atomic E-state index is 15.4. The van der Waals surface area contributed by atoms with Gasteiger partial charge in [0.05, 0.1) is 18.8 Å². The second-order valence-corrected chi connectivity index (χ2v) is 9.55. The van der Waals surface area contributed by atoms with Gasteiger partial charge in [0, 0.05) is 25.6 Å². The van der Waals surface area contributed by atoms with Crippen molar-refractivity contribution < 1.29 is 18.6 Å². The summed E-state index contributed by atoms with van der Waals surface area (Å²) in [6, 6.07) is 13.3. The largest absolute Gasteiger partial charge is 0.394 e. The molecule has 0 spiro atoms. The van der Waals surface area contributed by atoms with Crippen LogP contribution in [0.5, 0.6) is 0 Å². The first-order chi connectivity index (χ1) is 15.1. The number of benzene rings is 2. The Morgan fingerprint density at radius 1 is 1.13 bits per heavy atom. The van der Waals surface area contributed by atoms with Gasteiger partial charge < -0.3 is 9.84 Å². The van der Waals surface area contributed by atoms with Crippen LogP contribution < -0.4 is 0 Å². The molecule has 0 aromatic heterocycles. The summed E-state index contributed by atoms with van der Waals surface area (Å²) >= 11 is 0. The van der Waals surface area contributed by atoms with E-state index in [0.29, 0.717) is 25.3 Å². The molecule has 5 heteroatoms. The average Bonchev–Trinajstić information content (AvgIpc) is 3.11. The highest BCUT2D eigenvalue weighted by Crippen LogP contribution is 2.37. The van der Waals surface area contributed by atoms with Gasteiger partial charge in [0.15, 0.2) is 0 Å². The zero-order chi connectivity index (χ0) is 21.4. The molecule has 3 unspecified atom stereocenters. The minimum atomic E-state index is -0.930. The summed E-state index contributed by atoms with van der Waals surface area (Å²) in [5, 5.41) is 9.37. The second-order valence-electron chi connectivity index (χ2n) is 9.55. The Morgan fingerprint density at radius 3 is 2.87 bits per heavy atom. The number of aliphatic hydroxyl groups is 1. The fourth-order valence-electron chi connectivity index (χ4n) is 5.92. The fourth-order valence-corrected chi connectivity index (χ4v) is 5.92. The first-order valence-electron chi connectivity index (χ1n) is 11.6. The summed E-state index contributed by atoms with van der Waals surface area (Å²) in [5.74, 6) is 0.232. The van der Waals surface area contributed by atoms with Gasteiger partial charge in [-0.1, -0.05) is 30.3 Å². The monoisotopic (exact) mass is 427 g/mol. The molecule has 0 amide bonds. The molecule has 166 valence electrons. The minimum Gasteiger partial charge on any atom is -0.394 e. The quantitative estimate of drug-likeness (QED) is 0.774. The zero-order valence-electron chi connectivity index (χ0n) is 17.9. The zero-order valence-corrected chi connectivity index (χ0v) is 17.9. The van der Waals surface area contributed by atoms with Crippen molar-refractivity contribution in [2.75, 3.05) is 26.2 Å². The van der Waals surface area contributed by atoms with Gasteiger partial charge >= 0.3 is 0 Å². The third kappa shape index (κ3) is 4.55. The number of rotatable bonds is 5. The maximum Gasteiger partial charge on any atom is 0.123 e. The van der Waals surface area contributed by atoms with Crippen LogP contribution in [0.15, 0.2) is 42.5 Å². The number of likely N-dealkylation sites (tertiary alicyclic amines) is 1. The van der Waals surface area contributed by atoms with Crippen molar-refractivity contribution in [3.8, 4) is 0 Å². The number of alkyl halides is 1. The molecule has 2 aromatic rings. The second kappa shape index (κ2) is 8.97. The number of halogens is 2. The highest BCUT2D eigenvalue weighted by molar-refractivity contribution is 5.42. The van der Waals surface area contributed by atoms with E-state index in [1.165, 1.54) is 17.2 Å². The third-order valence-electron chi connectivity index (χ3n) is 7.39. The van der Waals surface area contributed by atoms with Crippen LogP contribution in [0.3, 0.4) is 0 Å². The van der Waals surface area contributed by atoms with E-state index >= 15 is 4.39 Å². The van der Waals surface area contributed by atoms with Gasteiger partial charge in [-0.25, -0.2) is 8.78 Å². The summed E-state index contributed by atoms with van der Waals surface area (Å²) < 4.78 is 35.1. The number of ether oxygens (including phenoxy) is 1. The van der Waals surface area contributed by atoms with E-state index in [9.17, 15) is 9.50 Å². The molecule has 1 aliphatic carbocycles. The van der Waals surface area contributed by atoms with E-state index in [1.54, 1.807) is 6.07 Å². The van der Waals surface area contributed by atoms with Crippen LogP contribution in [-0.2, 0) is 17.6 Å². The molecule has 2 fully saturated rings. The number of hydrogen-bond acceptors (Lipinski definition) is 3. The molecule has 5 rings (SSSR count). The number of aliphatic hydroxyl groups excluding tert-OH is 1. The van der Waals surface area contributed by atoms with Crippen molar-refractivity contribution in [3.05, 3.63) is 70.5 Å². The summed E-state index contributed by atoms with van der Waals surface area (Å²) in [5.41, 5.74) is 4.58. The van der Waals surface area contributed by atoms with Gasteiger partial charge in [-0.2, -0.15) is 0 Å². The van der Waals surface area contributed by atoms with Crippen molar-refractivity contribution in [3.63, 3.8) is 0 Å². The van der Waals surface area contributed by atoms with Crippen LogP contribution in [0.2, 0.25) is 0 Å². The van der Waals surface area contributed by atoms with Crippen molar-refractivity contribution in [1.29, 1.82) is 0 Å². The Labute approximate surface area is 183 Å². The van der Waals surface area contributed by atoms with Crippen molar-refractivity contribution in [2.45, 2.75) is 56.4 Å². The van der Waals surface area contributed by atoms with E-state index in [4.69, 9.17) is 4.74 Å². The molecule has 1 N–H and O–H groups in total. The van der Waals surface area contributed by atoms with Crippen LogP contribution in [0.25, 0.3) is 0 Å². The SMILES string of the molecule is OCC1CC2CN(C[C@H](F)C[C@H]3Cc4cc(F)ccc4Cc4ccccc43)CCC2O1. The van der Waals surface area contributed by atoms with Gasteiger partial charge in [0.2, 0.25) is 0 Å². The Balaban J connectivity index is 1.27. The molecule has 3 nitrogen and oxygen atoms in total. The van der Waals surface area contributed by atoms with E-state index in [-0.39, 0.29) is 30.5 Å². The first kappa shape index (κ1) is 21.0. The number of piperidine rings is 1. The van der Waals surface area contributed by atoms with Gasteiger partial charge in [0.1, 0.15) is 12.0 Å². The predicted molar refractivity (Wildman–Crippen MR) is 117 cm³/mol. The summed E-state index contributed by atoms with van der Waals surface area (Å²) in [7, 11) is 0. The molecule has 2 saturated heterocycles. The Morgan fingerprint density at radius 2 is 2.00 bits per heavy atom. The summed E-state index contributed by atoms with van der Waals surface area (Å²) in [6.07, 6.45) is 2.92. The molecule has 2 heterocycles. The Hall–Kier alpha value is -1.82. The topological polar surface area (TPSA) is 32.7 Å². The standard InChI is InChI=1S/C26H31F2NO2/c27-22-6-5-17-9-18-3-1-2-4-25(18)20(10-19(17)11-22)12-23(28)15-29-8-7-26-21(14-29)13-24(16-30)31-26/h1-6,11,20-21,23-24,26,30H,7-10,12-16H2/t20-,21?,23-,24?,26?/m1/s1. The highest BCUT2D eigenvalue weighted by atomic mass is 19.1. The van der Waals surface area contributed by atoms with Crippen LogP contribution >= 0.6 is 0 Å². The Bertz CT molecular complexity index is 920. The smallest absolute Gasteiger partial charge is 0.123 e. The van der Waals surface area contributed by atoms with Gasteiger partial charge in [-0.3, -0.25) is 4.90 Å². The number of fused-ring (bicyclic) bond motifs is 3. The molecule has 0 radical (unpaired) electrons. The molecule has 2 aliphatic heterocycles. The fraction of sp³-hybridized carbons (Fsp3) is 0.538. The normalized spacial score (nSPS) is 29.0. The Kier molecular flexibility index (Phi) is 6.09. The average molecular weight is 428 g/mol. The van der Waals surface area contributed by atoms with Gasteiger partial charge in [-0.05, 0) is 72.4 Å². The number of hydrogen-bond donors (Lipinski definition) is 1. The van der Waals surface area contributed by atoms with E-state index in [2.05, 4.69) is 17.0 Å². The lowest BCUT2D eigenvalue weighted by Crippen LogP contribution is -2.44. The molecule has 2 aromatic carbocycles. The van der Waals surface area contributed by atoms with Gasteiger partial charge in [-0.15, -0.1) is 0 Å². The highest BCUT2D eigenvalue weighted by Gasteiger charge is 2.39. The third-order valence-corrected chi connectivity index (χ3v) is 7.39. The first-order valence-corrected chi connectivity index (χ1v) is 11.6. The lowest BCUT2D eigenvalue weighted by molar-refractivity contribution is -0.0202. The van der Waals surface area contributed by atoms with E-state index < -0.39 is 6.17 Å². The molecule has 5 atom stereocenters. The van der Waals surface area contributed by atoms with Crippen molar-refractivity contribution in [2.24, 2.45) is 5.92 Å². The van der Waals surface area contributed by atoms with Crippen LogP contribution in [0.4, 0.5) is 8.78 Å². The molecule has 0 saturated carbocycles. The molecular weight excluding hydrogens is 396 g/mol. The molecular formula is C26H31F2NO2. The number of nitrogens with zero attached hydrogens (tertiary/aromatic N) is 1.